The number of nitrogens with one attached hydrogen (secondary N) is 1. The van der Waals surface area contributed by atoms with Gasteiger partial charge in [0, 0.05) is 18.3 Å². The van der Waals surface area contributed by atoms with Crippen LogP contribution in [-0.2, 0) is 0 Å². The third-order valence-electron chi connectivity index (χ3n) is 3.30. The Bertz CT molecular complexity index is 574. The van der Waals surface area contributed by atoms with Gasteiger partial charge in [0.2, 0.25) is 0 Å². The van der Waals surface area contributed by atoms with Crippen molar-refractivity contribution in [3.8, 4) is 11.1 Å². The molecule has 2 aromatic rings. The van der Waals surface area contributed by atoms with Gasteiger partial charge in [0.05, 0.1) is 0 Å². The van der Waals surface area contributed by atoms with E-state index in [9.17, 15) is 4.39 Å². The van der Waals surface area contributed by atoms with Gasteiger partial charge in [-0.2, -0.15) is 0 Å². The Kier molecular flexibility index (Phi) is 3.32. The number of anilines is 1. The molecule has 94 valence electrons. The highest BCUT2D eigenvalue weighted by Gasteiger charge is 2.12. The highest BCUT2D eigenvalue weighted by atomic mass is 19.1. The SMILES string of the molecule is CNc1nc(C)c(-c2ccc(F)cc2)c(C)c1C. The minimum Gasteiger partial charge on any atom is -0.373 e. The van der Waals surface area contributed by atoms with Crippen LogP contribution in [0.4, 0.5) is 10.2 Å². The van der Waals surface area contributed by atoms with Crippen LogP contribution in [0.3, 0.4) is 0 Å². The maximum absolute atomic E-state index is 13.0. The number of rotatable bonds is 2. The molecule has 1 aromatic carbocycles. The molecule has 1 N–H and O–H groups in total. The molecule has 0 fully saturated rings. The van der Waals surface area contributed by atoms with Crippen molar-refractivity contribution in [1.82, 2.24) is 4.98 Å². The molecule has 0 bridgehead atoms. The van der Waals surface area contributed by atoms with Crippen molar-refractivity contribution in [1.29, 1.82) is 0 Å². The van der Waals surface area contributed by atoms with Gasteiger partial charge in [0.1, 0.15) is 11.6 Å². The summed E-state index contributed by atoms with van der Waals surface area (Å²) < 4.78 is 13.0. The van der Waals surface area contributed by atoms with Gasteiger partial charge in [-0.05, 0) is 49.6 Å². The quantitative estimate of drug-likeness (QED) is 0.867. The van der Waals surface area contributed by atoms with Crippen LogP contribution in [0.5, 0.6) is 0 Å². The Balaban J connectivity index is 2.64. The summed E-state index contributed by atoms with van der Waals surface area (Å²) in [4.78, 5) is 4.55. The Morgan fingerprint density at radius 3 is 2.17 bits per heavy atom. The summed E-state index contributed by atoms with van der Waals surface area (Å²) >= 11 is 0. The number of halogens is 1. The lowest BCUT2D eigenvalue weighted by atomic mass is 9.96. The first-order chi connectivity index (χ1) is 8.54. The van der Waals surface area contributed by atoms with E-state index >= 15 is 0 Å². The molecule has 0 unspecified atom stereocenters. The van der Waals surface area contributed by atoms with Crippen molar-refractivity contribution in [2.75, 3.05) is 12.4 Å². The van der Waals surface area contributed by atoms with Crippen molar-refractivity contribution in [3.05, 3.63) is 46.9 Å². The molecule has 0 amide bonds. The average molecular weight is 244 g/mol. The third-order valence-corrected chi connectivity index (χ3v) is 3.30. The molecule has 0 spiro atoms. The molecule has 2 rings (SSSR count). The van der Waals surface area contributed by atoms with Crippen LogP contribution in [0.2, 0.25) is 0 Å². The molecular formula is C15H17FN2. The molecule has 3 heteroatoms. The first-order valence-electron chi connectivity index (χ1n) is 5.96. The van der Waals surface area contributed by atoms with Crippen LogP contribution in [0.25, 0.3) is 11.1 Å². The number of nitrogens with zero attached hydrogens (tertiary/aromatic N) is 1. The van der Waals surface area contributed by atoms with E-state index in [2.05, 4.69) is 17.2 Å². The predicted octanol–water partition coefficient (Wildman–Crippen LogP) is 3.85. The van der Waals surface area contributed by atoms with Crippen molar-refractivity contribution < 1.29 is 4.39 Å². The first kappa shape index (κ1) is 12.6. The highest BCUT2D eigenvalue weighted by Crippen LogP contribution is 2.31. The Labute approximate surface area is 107 Å². The molecular weight excluding hydrogens is 227 g/mol. The highest BCUT2D eigenvalue weighted by molar-refractivity contribution is 5.73. The summed E-state index contributed by atoms with van der Waals surface area (Å²) in [5, 5.41) is 3.09. The van der Waals surface area contributed by atoms with Crippen LogP contribution in [-0.4, -0.2) is 12.0 Å². The lowest BCUT2D eigenvalue weighted by Gasteiger charge is -2.15. The third kappa shape index (κ3) is 2.08. The summed E-state index contributed by atoms with van der Waals surface area (Å²) in [5.41, 5.74) is 5.35. The van der Waals surface area contributed by atoms with E-state index < -0.39 is 0 Å². The number of pyridine rings is 1. The van der Waals surface area contributed by atoms with Gasteiger partial charge in [-0.1, -0.05) is 12.1 Å². The minimum absolute atomic E-state index is 0.217. The number of hydrogen-bond donors (Lipinski definition) is 1. The van der Waals surface area contributed by atoms with Crippen molar-refractivity contribution in [3.63, 3.8) is 0 Å². The molecule has 2 nitrogen and oxygen atoms in total. The fraction of sp³-hybridized carbons (Fsp3) is 0.267. The van der Waals surface area contributed by atoms with E-state index in [4.69, 9.17) is 0 Å². The average Bonchev–Trinajstić information content (AvgIpc) is 2.36. The number of hydrogen-bond acceptors (Lipinski definition) is 2. The number of benzene rings is 1. The van der Waals surface area contributed by atoms with Crippen LogP contribution in [0.1, 0.15) is 16.8 Å². The van der Waals surface area contributed by atoms with E-state index in [-0.39, 0.29) is 5.82 Å². The lowest BCUT2D eigenvalue weighted by Crippen LogP contribution is -2.02. The molecule has 0 radical (unpaired) electrons. The standard InChI is InChI=1S/C15H17FN2/c1-9-10(2)15(17-4)18-11(3)14(9)12-5-7-13(16)8-6-12/h5-8H,1-4H3,(H,17,18). The van der Waals surface area contributed by atoms with Crippen molar-refractivity contribution >= 4 is 5.82 Å². The molecule has 0 saturated carbocycles. The Morgan fingerprint density at radius 2 is 1.61 bits per heavy atom. The van der Waals surface area contributed by atoms with Gasteiger partial charge in [-0.15, -0.1) is 0 Å². The molecule has 0 aliphatic rings. The second-order valence-corrected chi connectivity index (χ2v) is 4.43. The predicted molar refractivity (Wildman–Crippen MR) is 73.4 cm³/mol. The summed E-state index contributed by atoms with van der Waals surface area (Å²) in [6.45, 7) is 6.09. The lowest BCUT2D eigenvalue weighted by molar-refractivity contribution is 0.628. The zero-order chi connectivity index (χ0) is 13.3. The zero-order valence-electron chi connectivity index (χ0n) is 11.1. The molecule has 18 heavy (non-hydrogen) atoms. The van der Waals surface area contributed by atoms with Gasteiger partial charge in [0.15, 0.2) is 0 Å². The molecule has 0 atom stereocenters. The monoisotopic (exact) mass is 244 g/mol. The van der Waals surface area contributed by atoms with E-state index in [0.717, 1.165) is 28.2 Å². The van der Waals surface area contributed by atoms with Gasteiger partial charge < -0.3 is 5.32 Å². The summed E-state index contributed by atoms with van der Waals surface area (Å²) in [6.07, 6.45) is 0. The second kappa shape index (κ2) is 4.77. The van der Waals surface area contributed by atoms with E-state index in [1.165, 1.54) is 17.7 Å². The van der Waals surface area contributed by atoms with Crippen molar-refractivity contribution in [2.45, 2.75) is 20.8 Å². The van der Waals surface area contributed by atoms with E-state index in [0.29, 0.717) is 0 Å². The normalized spacial score (nSPS) is 10.5. The Morgan fingerprint density at radius 1 is 1.00 bits per heavy atom. The maximum atomic E-state index is 13.0. The number of aromatic nitrogens is 1. The minimum atomic E-state index is -0.217. The van der Waals surface area contributed by atoms with Gasteiger partial charge in [0.25, 0.3) is 0 Å². The van der Waals surface area contributed by atoms with Crippen molar-refractivity contribution in [2.24, 2.45) is 0 Å². The maximum Gasteiger partial charge on any atom is 0.129 e. The van der Waals surface area contributed by atoms with Crippen LogP contribution >= 0.6 is 0 Å². The molecule has 0 saturated heterocycles. The summed E-state index contributed by atoms with van der Waals surface area (Å²) in [6, 6.07) is 6.56. The number of aryl methyl sites for hydroxylation is 1. The molecule has 0 aliphatic heterocycles. The largest absolute Gasteiger partial charge is 0.373 e. The molecule has 0 aliphatic carbocycles. The molecule has 1 heterocycles. The fourth-order valence-corrected chi connectivity index (χ4v) is 2.23. The fourth-order valence-electron chi connectivity index (χ4n) is 2.23. The van der Waals surface area contributed by atoms with E-state index in [1.54, 1.807) is 12.1 Å². The smallest absolute Gasteiger partial charge is 0.129 e. The topological polar surface area (TPSA) is 24.9 Å². The van der Waals surface area contributed by atoms with Crippen LogP contribution < -0.4 is 5.32 Å². The van der Waals surface area contributed by atoms with Gasteiger partial charge in [-0.3, -0.25) is 0 Å². The van der Waals surface area contributed by atoms with Crippen LogP contribution in [0, 0.1) is 26.6 Å². The van der Waals surface area contributed by atoms with Gasteiger partial charge >= 0.3 is 0 Å². The molecule has 1 aromatic heterocycles. The van der Waals surface area contributed by atoms with Crippen LogP contribution in [0.15, 0.2) is 24.3 Å². The zero-order valence-corrected chi connectivity index (χ0v) is 11.1. The summed E-state index contributed by atoms with van der Waals surface area (Å²) in [5.74, 6) is 0.682. The first-order valence-corrected chi connectivity index (χ1v) is 5.96. The Hall–Kier alpha value is -1.90. The second-order valence-electron chi connectivity index (χ2n) is 4.43. The summed E-state index contributed by atoms with van der Waals surface area (Å²) in [7, 11) is 1.87. The van der Waals surface area contributed by atoms with E-state index in [1.807, 2.05) is 20.9 Å². The van der Waals surface area contributed by atoms with Gasteiger partial charge in [-0.25, -0.2) is 9.37 Å².